The van der Waals surface area contributed by atoms with Crippen molar-refractivity contribution in [2.24, 2.45) is 5.92 Å². The molecular weight excluding hydrogens is 347 g/mol. The van der Waals surface area contributed by atoms with Gasteiger partial charge in [-0.3, -0.25) is 9.59 Å². The Balaban J connectivity index is 1.83. The van der Waals surface area contributed by atoms with E-state index in [-0.39, 0.29) is 36.7 Å². The Labute approximate surface area is 158 Å². The second-order valence-corrected chi connectivity index (χ2v) is 6.55. The minimum absolute atomic E-state index is 0.0324. The zero-order chi connectivity index (χ0) is 19.4. The molecule has 0 aromatic heterocycles. The molecule has 0 saturated carbocycles. The average Bonchev–Trinajstić information content (AvgIpc) is 2.66. The van der Waals surface area contributed by atoms with Crippen molar-refractivity contribution in [2.45, 2.75) is 33.2 Å². The molecule has 27 heavy (non-hydrogen) atoms. The Bertz CT molecular complexity index is 849. The fraction of sp³-hybridized carbons (Fsp3) is 0.333. The third-order valence-electron chi connectivity index (χ3n) is 4.81. The highest BCUT2D eigenvalue weighted by atomic mass is 19.1. The summed E-state index contributed by atoms with van der Waals surface area (Å²) < 4.78 is 19.5. The molecule has 1 heterocycles. The number of amides is 2. The summed E-state index contributed by atoms with van der Waals surface area (Å²) in [5.41, 5.74) is 1.62. The van der Waals surface area contributed by atoms with Crippen molar-refractivity contribution in [3.8, 4) is 5.75 Å². The van der Waals surface area contributed by atoms with Gasteiger partial charge in [0.1, 0.15) is 11.6 Å². The molecular formula is C21H23FN2O3. The van der Waals surface area contributed by atoms with Crippen molar-refractivity contribution in [1.82, 2.24) is 0 Å². The van der Waals surface area contributed by atoms with E-state index >= 15 is 0 Å². The van der Waals surface area contributed by atoms with E-state index in [4.69, 9.17) is 4.74 Å². The third-order valence-corrected chi connectivity index (χ3v) is 4.81. The lowest BCUT2D eigenvalue weighted by atomic mass is 10.0. The largest absolute Gasteiger partial charge is 0.481 e. The van der Waals surface area contributed by atoms with Gasteiger partial charge in [0.15, 0.2) is 6.61 Å². The second-order valence-electron chi connectivity index (χ2n) is 6.55. The zero-order valence-corrected chi connectivity index (χ0v) is 15.5. The highest BCUT2D eigenvalue weighted by molar-refractivity contribution is 5.99. The number of hydrogen-bond donors (Lipinski definition) is 1. The first kappa shape index (κ1) is 18.9. The molecule has 0 unspecified atom stereocenters. The summed E-state index contributed by atoms with van der Waals surface area (Å²) in [6.45, 7) is 3.97. The standard InChI is InChI=1S/C21H23FN2O3/c1-3-14(4-2)21(26)23-16-9-10-18-19(11-16)27-13-20(25)24(18)12-15-7-5-6-8-17(15)22/h5-11,14H,3-4,12-13H2,1-2H3,(H,23,26). The number of nitrogens with zero attached hydrogens (tertiary/aromatic N) is 1. The highest BCUT2D eigenvalue weighted by Crippen LogP contribution is 2.35. The van der Waals surface area contributed by atoms with Gasteiger partial charge < -0.3 is 15.0 Å². The number of carbonyl (C=O) groups is 2. The fourth-order valence-electron chi connectivity index (χ4n) is 3.16. The molecule has 1 aliphatic rings. The van der Waals surface area contributed by atoms with Crippen LogP contribution in [-0.4, -0.2) is 18.4 Å². The van der Waals surface area contributed by atoms with Crippen LogP contribution >= 0.6 is 0 Å². The van der Waals surface area contributed by atoms with E-state index in [0.29, 0.717) is 22.7 Å². The van der Waals surface area contributed by atoms with Crippen LogP contribution in [0.25, 0.3) is 0 Å². The molecule has 0 aliphatic carbocycles. The summed E-state index contributed by atoms with van der Waals surface area (Å²) in [5, 5.41) is 2.90. The molecule has 0 atom stereocenters. The number of anilines is 2. The van der Waals surface area contributed by atoms with Gasteiger partial charge in [0.05, 0.1) is 12.2 Å². The summed E-state index contributed by atoms with van der Waals surface area (Å²) in [7, 11) is 0. The van der Waals surface area contributed by atoms with Crippen LogP contribution in [0.2, 0.25) is 0 Å². The summed E-state index contributed by atoms with van der Waals surface area (Å²) in [6, 6.07) is 11.5. The van der Waals surface area contributed by atoms with Crippen molar-refractivity contribution >= 4 is 23.2 Å². The molecule has 0 fully saturated rings. The van der Waals surface area contributed by atoms with E-state index in [2.05, 4.69) is 5.32 Å². The van der Waals surface area contributed by atoms with Crippen LogP contribution in [0.4, 0.5) is 15.8 Å². The Morgan fingerprint density at radius 2 is 1.96 bits per heavy atom. The van der Waals surface area contributed by atoms with Crippen molar-refractivity contribution < 1.29 is 18.7 Å². The summed E-state index contributed by atoms with van der Waals surface area (Å²) in [6.07, 6.45) is 1.55. The van der Waals surface area contributed by atoms with Gasteiger partial charge in [-0.15, -0.1) is 0 Å². The summed E-state index contributed by atoms with van der Waals surface area (Å²) in [5.74, 6) is -0.170. The molecule has 2 aromatic carbocycles. The lowest BCUT2D eigenvalue weighted by molar-refractivity contribution is -0.121. The van der Waals surface area contributed by atoms with E-state index in [1.54, 1.807) is 36.4 Å². The lowest BCUT2D eigenvalue weighted by Crippen LogP contribution is -2.38. The Morgan fingerprint density at radius 3 is 2.67 bits per heavy atom. The maximum atomic E-state index is 14.0. The van der Waals surface area contributed by atoms with Crippen LogP contribution in [0.3, 0.4) is 0 Å². The molecule has 6 heteroatoms. The first-order valence-electron chi connectivity index (χ1n) is 9.15. The van der Waals surface area contributed by atoms with E-state index in [9.17, 15) is 14.0 Å². The summed E-state index contributed by atoms with van der Waals surface area (Å²) in [4.78, 5) is 26.1. The van der Waals surface area contributed by atoms with Crippen molar-refractivity contribution in [3.05, 3.63) is 53.8 Å². The topological polar surface area (TPSA) is 58.6 Å². The van der Waals surface area contributed by atoms with E-state index in [1.807, 2.05) is 13.8 Å². The SMILES string of the molecule is CCC(CC)C(=O)Nc1ccc2c(c1)OCC(=O)N2Cc1ccccc1F. The van der Waals surface area contributed by atoms with E-state index in [1.165, 1.54) is 11.0 Å². The van der Waals surface area contributed by atoms with Gasteiger partial charge in [0.2, 0.25) is 5.91 Å². The van der Waals surface area contributed by atoms with Gasteiger partial charge >= 0.3 is 0 Å². The Morgan fingerprint density at radius 1 is 1.22 bits per heavy atom. The number of fused-ring (bicyclic) bond motifs is 1. The van der Waals surface area contributed by atoms with Gasteiger partial charge in [-0.2, -0.15) is 0 Å². The highest BCUT2D eigenvalue weighted by Gasteiger charge is 2.27. The van der Waals surface area contributed by atoms with Gasteiger partial charge in [-0.25, -0.2) is 4.39 Å². The quantitative estimate of drug-likeness (QED) is 0.832. The number of ether oxygens (including phenoxy) is 1. The molecule has 2 aromatic rings. The van der Waals surface area contributed by atoms with Crippen molar-refractivity contribution in [3.63, 3.8) is 0 Å². The van der Waals surface area contributed by atoms with Gasteiger partial charge in [0, 0.05) is 23.2 Å². The monoisotopic (exact) mass is 370 g/mol. The second kappa shape index (κ2) is 8.20. The molecule has 1 N–H and O–H groups in total. The zero-order valence-electron chi connectivity index (χ0n) is 15.5. The van der Waals surface area contributed by atoms with Crippen molar-refractivity contribution in [2.75, 3.05) is 16.8 Å². The van der Waals surface area contributed by atoms with Crippen LogP contribution in [-0.2, 0) is 16.1 Å². The summed E-state index contributed by atoms with van der Waals surface area (Å²) >= 11 is 0. The molecule has 3 rings (SSSR count). The fourth-order valence-corrected chi connectivity index (χ4v) is 3.16. The van der Waals surface area contributed by atoms with Crippen LogP contribution in [0.5, 0.6) is 5.75 Å². The first-order chi connectivity index (χ1) is 13.0. The van der Waals surface area contributed by atoms with Crippen LogP contribution < -0.4 is 15.0 Å². The third kappa shape index (κ3) is 4.10. The number of nitrogens with one attached hydrogen (secondary N) is 1. The van der Waals surface area contributed by atoms with Crippen LogP contribution in [0.15, 0.2) is 42.5 Å². The van der Waals surface area contributed by atoms with E-state index < -0.39 is 0 Å². The normalized spacial score (nSPS) is 13.3. The maximum absolute atomic E-state index is 14.0. The molecule has 2 amide bonds. The number of halogens is 1. The predicted molar refractivity (Wildman–Crippen MR) is 102 cm³/mol. The van der Waals surface area contributed by atoms with Crippen LogP contribution in [0, 0.1) is 11.7 Å². The Kier molecular flexibility index (Phi) is 5.74. The molecule has 5 nitrogen and oxygen atoms in total. The van der Waals surface area contributed by atoms with Gasteiger partial charge in [-0.1, -0.05) is 32.0 Å². The molecule has 1 aliphatic heterocycles. The van der Waals surface area contributed by atoms with Gasteiger partial charge in [-0.05, 0) is 31.0 Å². The minimum Gasteiger partial charge on any atom is -0.481 e. The average molecular weight is 370 g/mol. The first-order valence-corrected chi connectivity index (χ1v) is 9.15. The molecule has 142 valence electrons. The number of carbonyl (C=O) groups excluding carboxylic acids is 2. The minimum atomic E-state index is -0.354. The molecule has 0 saturated heterocycles. The molecule has 0 bridgehead atoms. The lowest BCUT2D eigenvalue weighted by Gasteiger charge is -2.30. The molecule has 0 radical (unpaired) electrons. The van der Waals surface area contributed by atoms with E-state index in [0.717, 1.165) is 12.8 Å². The van der Waals surface area contributed by atoms with Gasteiger partial charge in [0.25, 0.3) is 5.91 Å². The maximum Gasteiger partial charge on any atom is 0.265 e. The van der Waals surface area contributed by atoms with Crippen LogP contribution in [0.1, 0.15) is 32.3 Å². The molecule has 0 spiro atoms. The number of hydrogen-bond acceptors (Lipinski definition) is 3. The van der Waals surface area contributed by atoms with Crippen molar-refractivity contribution in [1.29, 1.82) is 0 Å². The number of benzene rings is 2. The smallest absolute Gasteiger partial charge is 0.265 e. The predicted octanol–water partition coefficient (Wildman–Crippen LogP) is 4.13. The number of rotatable bonds is 6. The Hall–Kier alpha value is -2.89.